The molecule has 0 aliphatic rings. The van der Waals surface area contributed by atoms with Gasteiger partial charge in [-0.1, -0.05) is 0 Å². The minimum absolute atomic E-state index is 0.161. The van der Waals surface area contributed by atoms with Crippen molar-refractivity contribution < 1.29 is 37.1 Å². The van der Waals surface area contributed by atoms with Crippen LogP contribution in [0.1, 0.15) is 17.4 Å². The molecule has 0 spiro atoms. The van der Waals surface area contributed by atoms with Crippen LogP contribution in [0.4, 0.5) is 18.9 Å². The highest BCUT2D eigenvalue weighted by atomic mass is 19.4. The Kier molecular flexibility index (Phi) is 4.89. The molecule has 0 N–H and O–H groups in total. The van der Waals surface area contributed by atoms with Gasteiger partial charge in [0.15, 0.2) is 5.69 Å². The zero-order chi connectivity index (χ0) is 16.2. The van der Waals surface area contributed by atoms with Crippen molar-refractivity contribution in [2.75, 3.05) is 13.7 Å². The van der Waals surface area contributed by atoms with Gasteiger partial charge in [-0.15, -0.1) is 13.2 Å². The van der Waals surface area contributed by atoms with E-state index in [4.69, 9.17) is 0 Å². The van der Waals surface area contributed by atoms with Crippen molar-refractivity contribution in [3.8, 4) is 11.5 Å². The van der Waals surface area contributed by atoms with Gasteiger partial charge >= 0.3 is 18.0 Å². The summed E-state index contributed by atoms with van der Waals surface area (Å²) >= 11 is 0. The minimum Gasteiger partial charge on any atom is -0.489 e. The Hall–Kier alpha value is -2.59. The van der Waals surface area contributed by atoms with Gasteiger partial charge in [0.05, 0.1) is 24.8 Å². The number of alkyl halides is 3. The fourth-order valence-electron chi connectivity index (χ4n) is 1.35. The predicted molar refractivity (Wildman–Crippen MR) is 60.1 cm³/mol. The largest absolute Gasteiger partial charge is 0.573 e. The quantitative estimate of drug-likeness (QED) is 0.466. The molecule has 0 saturated heterocycles. The van der Waals surface area contributed by atoms with Gasteiger partial charge < -0.3 is 14.2 Å². The lowest BCUT2D eigenvalue weighted by Crippen LogP contribution is -2.21. The van der Waals surface area contributed by atoms with Gasteiger partial charge in [-0.05, 0) is 6.92 Å². The number of esters is 1. The summed E-state index contributed by atoms with van der Waals surface area (Å²) in [5, 5.41) is 10.9. The highest BCUT2D eigenvalue weighted by molar-refractivity contribution is 5.92. The lowest BCUT2D eigenvalue weighted by atomic mass is 10.2. The van der Waals surface area contributed by atoms with Crippen molar-refractivity contribution in [1.82, 2.24) is 4.98 Å². The van der Waals surface area contributed by atoms with Crippen LogP contribution >= 0.6 is 0 Å². The molecule has 1 aromatic heterocycles. The van der Waals surface area contributed by atoms with Gasteiger partial charge in [-0.3, -0.25) is 10.1 Å². The summed E-state index contributed by atoms with van der Waals surface area (Å²) in [6.45, 7) is 1.24. The van der Waals surface area contributed by atoms with Crippen molar-refractivity contribution in [3.05, 3.63) is 22.0 Å². The molecular weight excluding hydrogens is 301 g/mol. The first-order valence-corrected chi connectivity index (χ1v) is 5.35. The van der Waals surface area contributed by atoms with Crippen LogP contribution in [-0.4, -0.2) is 36.0 Å². The van der Waals surface area contributed by atoms with Gasteiger partial charge in [0.1, 0.15) is 0 Å². The molecule has 0 aromatic carbocycles. The summed E-state index contributed by atoms with van der Waals surface area (Å²) in [5.41, 5.74) is -2.14. The van der Waals surface area contributed by atoms with Crippen molar-refractivity contribution in [3.63, 3.8) is 0 Å². The molecule has 1 rings (SSSR count). The topological polar surface area (TPSA) is 101 Å². The molecule has 0 saturated carbocycles. The first-order valence-electron chi connectivity index (χ1n) is 5.35. The van der Waals surface area contributed by atoms with Crippen LogP contribution in [-0.2, 0) is 4.74 Å². The average molecular weight is 310 g/mol. The van der Waals surface area contributed by atoms with Gasteiger partial charge in [0, 0.05) is 0 Å². The average Bonchev–Trinajstić information content (AvgIpc) is 2.35. The Balaban J connectivity index is 3.54. The SMILES string of the molecule is CCOC(=O)c1ncc(OC)c([N+](=O)[O-])c1OC(F)(F)F. The smallest absolute Gasteiger partial charge is 0.489 e. The molecule has 0 atom stereocenters. The van der Waals surface area contributed by atoms with E-state index in [0.29, 0.717) is 0 Å². The molecule has 1 heterocycles. The fraction of sp³-hybridized carbons (Fsp3) is 0.400. The maximum Gasteiger partial charge on any atom is 0.573 e. The first kappa shape index (κ1) is 16.5. The van der Waals surface area contributed by atoms with Crippen LogP contribution in [0.15, 0.2) is 6.20 Å². The Morgan fingerprint density at radius 2 is 2.10 bits per heavy atom. The van der Waals surface area contributed by atoms with E-state index in [9.17, 15) is 28.1 Å². The Bertz CT molecular complexity index is 560. The zero-order valence-corrected chi connectivity index (χ0v) is 10.8. The van der Waals surface area contributed by atoms with Crippen LogP contribution in [0.3, 0.4) is 0 Å². The summed E-state index contributed by atoms with van der Waals surface area (Å²) in [4.78, 5) is 24.6. The number of ether oxygens (including phenoxy) is 3. The number of methoxy groups -OCH3 is 1. The number of nitrogens with zero attached hydrogens (tertiary/aromatic N) is 2. The van der Waals surface area contributed by atoms with E-state index in [0.717, 1.165) is 13.3 Å². The molecule has 116 valence electrons. The molecular formula is C10H9F3N2O6. The molecule has 0 aliphatic carbocycles. The maximum absolute atomic E-state index is 12.4. The molecule has 0 unspecified atom stereocenters. The highest BCUT2D eigenvalue weighted by Crippen LogP contribution is 2.41. The normalized spacial score (nSPS) is 10.9. The van der Waals surface area contributed by atoms with E-state index < -0.39 is 40.1 Å². The van der Waals surface area contributed by atoms with Gasteiger partial charge in [-0.2, -0.15) is 0 Å². The number of hydrogen-bond donors (Lipinski definition) is 0. The Labute approximate surface area is 115 Å². The van der Waals surface area contributed by atoms with Crippen molar-refractivity contribution in [2.45, 2.75) is 13.3 Å². The summed E-state index contributed by atoms with van der Waals surface area (Å²) in [6.07, 6.45) is -4.53. The van der Waals surface area contributed by atoms with Crippen molar-refractivity contribution in [1.29, 1.82) is 0 Å². The van der Waals surface area contributed by atoms with Crippen LogP contribution in [0.25, 0.3) is 0 Å². The fourth-order valence-corrected chi connectivity index (χ4v) is 1.35. The second-order valence-electron chi connectivity index (χ2n) is 3.38. The van der Waals surface area contributed by atoms with E-state index in [2.05, 4.69) is 19.2 Å². The number of pyridine rings is 1. The number of nitro groups is 1. The highest BCUT2D eigenvalue weighted by Gasteiger charge is 2.40. The zero-order valence-electron chi connectivity index (χ0n) is 10.8. The van der Waals surface area contributed by atoms with E-state index >= 15 is 0 Å². The van der Waals surface area contributed by atoms with E-state index in [-0.39, 0.29) is 6.61 Å². The molecule has 21 heavy (non-hydrogen) atoms. The lowest BCUT2D eigenvalue weighted by Gasteiger charge is -2.13. The number of halogens is 3. The molecule has 8 nitrogen and oxygen atoms in total. The van der Waals surface area contributed by atoms with E-state index in [1.54, 1.807) is 0 Å². The Morgan fingerprint density at radius 1 is 1.48 bits per heavy atom. The van der Waals surface area contributed by atoms with Gasteiger partial charge in [0.25, 0.3) is 0 Å². The third-order valence-corrected chi connectivity index (χ3v) is 2.06. The molecule has 11 heteroatoms. The van der Waals surface area contributed by atoms with Crippen LogP contribution in [0, 0.1) is 10.1 Å². The molecule has 0 radical (unpaired) electrons. The minimum atomic E-state index is -5.26. The third kappa shape index (κ3) is 3.94. The molecule has 0 aliphatic heterocycles. The Morgan fingerprint density at radius 3 is 2.52 bits per heavy atom. The molecule has 1 aromatic rings. The second kappa shape index (κ2) is 6.24. The number of carbonyl (C=O) groups excluding carboxylic acids is 1. The van der Waals surface area contributed by atoms with E-state index in [1.807, 2.05) is 0 Å². The van der Waals surface area contributed by atoms with Crippen molar-refractivity contribution in [2.24, 2.45) is 0 Å². The number of carbonyl (C=O) groups is 1. The summed E-state index contributed by atoms with van der Waals surface area (Å²) in [5.74, 6) is -3.26. The van der Waals surface area contributed by atoms with Crippen LogP contribution in [0.5, 0.6) is 11.5 Å². The second-order valence-corrected chi connectivity index (χ2v) is 3.38. The summed E-state index contributed by atoms with van der Waals surface area (Å²) in [6, 6.07) is 0. The number of aromatic nitrogens is 1. The third-order valence-electron chi connectivity index (χ3n) is 2.06. The van der Waals surface area contributed by atoms with Crippen LogP contribution < -0.4 is 9.47 Å². The van der Waals surface area contributed by atoms with Gasteiger partial charge in [-0.25, -0.2) is 9.78 Å². The molecule has 0 bridgehead atoms. The molecule has 0 fully saturated rings. The number of hydrogen-bond acceptors (Lipinski definition) is 7. The van der Waals surface area contributed by atoms with Crippen molar-refractivity contribution >= 4 is 11.7 Å². The monoisotopic (exact) mass is 310 g/mol. The summed E-state index contributed by atoms with van der Waals surface area (Å²) < 4.78 is 49.7. The van der Waals surface area contributed by atoms with E-state index in [1.165, 1.54) is 6.92 Å². The maximum atomic E-state index is 12.4. The number of rotatable bonds is 5. The predicted octanol–water partition coefficient (Wildman–Crippen LogP) is 2.07. The first-order chi connectivity index (χ1) is 9.71. The molecule has 0 amide bonds. The standard InChI is InChI=1S/C10H9F3N2O6/c1-3-20-9(16)6-8(21-10(11,12)13)7(15(17)18)5(19-2)4-14-6/h4H,3H2,1-2H3. The van der Waals surface area contributed by atoms with Crippen LogP contribution in [0.2, 0.25) is 0 Å². The summed E-state index contributed by atoms with van der Waals surface area (Å²) in [7, 11) is 0.991. The van der Waals surface area contributed by atoms with Gasteiger partial charge in [0.2, 0.25) is 11.5 Å². The lowest BCUT2D eigenvalue weighted by molar-refractivity contribution is -0.389.